The predicted molar refractivity (Wildman–Crippen MR) is 133 cm³/mol. The van der Waals surface area contributed by atoms with Crippen molar-refractivity contribution < 1.29 is 19.4 Å². The molecular formula is C26H32N6O4. The number of carboxylic acids is 1. The summed E-state index contributed by atoms with van der Waals surface area (Å²) < 4.78 is 7.42. The molecule has 4 rings (SSSR count). The number of para-hydroxylation sites is 1. The first-order chi connectivity index (χ1) is 17.4. The zero-order chi connectivity index (χ0) is 25.5. The van der Waals surface area contributed by atoms with Gasteiger partial charge in [-0.15, -0.1) is 5.10 Å². The lowest BCUT2D eigenvalue weighted by Gasteiger charge is -2.33. The zero-order valence-corrected chi connectivity index (χ0v) is 20.5. The minimum Gasteiger partial charge on any atom is -0.480 e. The summed E-state index contributed by atoms with van der Waals surface area (Å²) in [6.45, 7) is 5.67. The lowest BCUT2D eigenvalue weighted by molar-refractivity contribution is -0.140. The van der Waals surface area contributed by atoms with Crippen molar-refractivity contribution in [2.45, 2.75) is 45.2 Å². The molecule has 1 aliphatic heterocycles. The quantitative estimate of drug-likeness (QED) is 0.416. The summed E-state index contributed by atoms with van der Waals surface area (Å²) in [4.78, 5) is 28.4. The van der Waals surface area contributed by atoms with E-state index >= 15 is 0 Å². The molecule has 10 nitrogen and oxygen atoms in total. The number of carbonyl (C=O) groups is 2. The van der Waals surface area contributed by atoms with Crippen LogP contribution < -0.4 is 15.4 Å². The highest BCUT2D eigenvalue weighted by Gasteiger charge is 2.31. The molecule has 1 fully saturated rings. The summed E-state index contributed by atoms with van der Waals surface area (Å²) in [6.07, 6.45) is 4.53. The molecule has 2 unspecified atom stereocenters. The summed E-state index contributed by atoms with van der Waals surface area (Å²) in [7, 11) is 0. The number of ether oxygens (including phenoxy) is 1. The van der Waals surface area contributed by atoms with E-state index in [2.05, 4.69) is 25.9 Å². The van der Waals surface area contributed by atoms with E-state index in [1.54, 1.807) is 30.8 Å². The Labute approximate surface area is 210 Å². The second-order valence-corrected chi connectivity index (χ2v) is 9.42. The largest absolute Gasteiger partial charge is 0.480 e. The Morgan fingerprint density at radius 1 is 1.19 bits per heavy atom. The van der Waals surface area contributed by atoms with Crippen molar-refractivity contribution in [3.63, 3.8) is 0 Å². The second kappa shape index (κ2) is 11.8. The number of rotatable bonds is 9. The third-order valence-corrected chi connectivity index (χ3v) is 6.44. The van der Waals surface area contributed by atoms with Crippen molar-refractivity contribution in [1.29, 1.82) is 0 Å². The molecule has 1 amide bonds. The van der Waals surface area contributed by atoms with Gasteiger partial charge in [0.2, 0.25) is 0 Å². The van der Waals surface area contributed by atoms with Crippen LogP contribution >= 0.6 is 0 Å². The third-order valence-electron chi connectivity index (χ3n) is 6.44. The number of nitrogens with zero attached hydrogens (tertiary/aromatic N) is 4. The van der Waals surface area contributed by atoms with Gasteiger partial charge in [-0.2, -0.15) is 0 Å². The molecule has 0 saturated carbocycles. The van der Waals surface area contributed by atoms with E-state index in [0.29, 0.717) is 12.3 Å². The van der Waals surface area contributed by atoms with Crippen molar-refractivity contribution in [3.05, 3.63) is 71.8 Å². The Bertz CT molecular complexity index is 1170. The number of piperidine rings is 1. The van der Waals surface area contributed by atoms with E-state index in [4.69, 9.17) is 4.74 Å². The number of carboxylic acid groups (broad SMARTS) is 1. The molecule has 1 aromatic carbocycles. The average molecular weight is 493 g/mol. The average Bonchev–Trinajstić information content (AvgIpc) is 3.30. The molecule has 0 spiro atoms. The standard InChI is InChI=1S/C26H32N6O4/c1-17(2)24(25(33)34)29-26(35)36-23-9-4-3-8-22(23)21-10-12-27-14-18(21)13-20-16-32(31-30-20)15-19-7-5-6-11-28-19/h3-9,11,16-18,21,24,27H,10,12-15H2,1-2H3,(H,29,35)(H,33,34)/t18?,21?,24-/m0/s1. The van der Waals surface area contributed by atoms with Gasteiger partial charge in [-0.3, -0.25) is 4.98 Å². The Kier molecular flexibility index (Phi) is 8.27. The SMILES string of the molecule is CC(C)[C@H](NC(=O)Oc1ccccc1C1CCNCC1Cc1cn(Cc2ccccn2)nn1)C(=O)O. The van der Waals surface area contributed by atoms with Gasteiger partial charge in [0.15, 0.2) is 0 Å². The maximum atomic E-state index is 12.6. The minimum absolute atomic E-state index is 0.136. The highest BCUT2D eigenvalue weighted by atomic mass is 16.6. The fourth-order valence-corrected chi connectivity index (χ4v) is 4.63. The van der Waals surface area contributed by atoms with E-state index < -0.39 is 18.1 Å². The molecule has 3 N–H and O–H groups in total. The molecule has 0 bridgehead atoms. The van der Waals surface area contributed by atoms with Crippen LogP contribution in [0.1, 0.15) is 43.1 Å². The summed E-state index contributed by atoms with van der Waals surface area (Å²) in [6, 6.07) is 12.2. The van der Waals surface area contributed by atoms with Crippen molar-refractivity contribution in [2.24, 2.45) is 11.8 Å². The number of pyridine rings is 1. The maximum Gasteiger partial charge on any atom is 0.413 e. The molecule has 1 saturated heterocycles. The first-order valence-electron chi connectivity index (χ1n) is 12.2. The van der Waals surface area contributed by atoms with Gasteiger partial charge in [0, 0.05) is 12.4 Å². The van der Waals surface area contributed by atoms with Crippen LogP contribution in [0.5, 0.6) is 5.75 Å². The Hall–Kier alpha value is -3.79. The normalized spacial score (nSPS) is 18.5. The van der Waals surface area contributed by atoms with Crippen molar-refractivity contribution in [2.75, 3.05) is 13.1 Å². The maximum absolute atomic E-state index is 12.6. The number of carbonyl (C=O) groups excluding carboxylic acids is 1. The number of aromatic nitrogens is 4. The zero-order valence-electron chi connectivity index (χ0n) is 20.5. The molecule has 1 aliphatic rings. The molecule has 36 heavy (non-hydrogen) atoms. The van der Waals surface area contributed by atoms with Crippen LogP contribution in [-0.4, -0.2) is 56.3 Å². The third kappa shape index (κ3) is 6.45. The fourth-order valence-electron chi connectivity index (χ4n) is 4.63. The van der Waals surface area contributed by atoms with E-state index in [1.807, 2.05) is 42.6 Å². The Morgan fingerprint density at radius 3 is 2.75 bits per heavy atom. The highest BCUT2D eigenvalue weighted by molar-refractivity contribution is 5.81. The molecule has 3 aromatic rings. The Balaban J connectivity index is 1.47. The topological polar surface area (TPSA) is 131 Å². The molecule has 3 atom stereocenters. The van der Waals surface area contributed by atoms with Gasteiger partial charge in [-0.1, -0.05) is 43.3 Å². The molecule has 0 radical (unpaired) electrons. The van der Waals surface area contributed by atoms with Crippen LogP contribution in [0.2, 0.25) is 0 Å². The first kappa shape index (κ1) is 25.3. The number of benzene rings is 1. The number of amides is 1. The van der Waals surface area contributed by atoms with Crippen LogP contribution in [0.25, 0.3) is 0 Å². The second-order valence-electron chi connectivity index (χ2n) is 9.42. The molecule has 190 valence electrons. The van der Waals surface area contributed by atoms with E-state index in [0.717, 1.165) is 42.9 Å². The number of hydrogen-bond donors (Lipinski definition) is 3. The summed E-state index contributed by atoms with van der Waals surface area (Å²) in [5, 5.41) is 24.0. The van der Waals surface area contributed by atoms with Crippen LogP contribution in [0.3, 0.4) is 0 Å². The lowest BCUT2D eigenvalue weighted by Crippen LogP contribution is -2.45. The van der Waals surface area contributed by atoms with Gasteiger partial charge in [-0.05, 0) is 67.4 Å². The number of aliphatic carboxylic acids is 1. The monoisotopic (exact) mass is 492 g/mol. The van der Waals surface area contributed by atoms with Crippen LogP contribution in [0, 0.1) is 11.8 Å². The molecule has 2 aromatic heterocycles. The summed E-state index contributed by atoms with van der Waals surface area (Å²) in [5.74, 6) is -0.570. The van der Waals surface area contributed by atoms with Crippen LogP contribution in [-0.2, 0) is 17.8 Å². The first-order valence-corrected chi connectivity index (χ1v) is 12.2. The molecule has 3 heterocycles. The van der Waals surface area contributed by atoms with E-state index in [9.17, 15) is 14.7 Å². The Morgan fingerprint density at radius 2 is 2.00 bits per heavy atom. The van der Waals surface area contributed by atoms with Crippen molar-refractivity contribution in [1.82, 2.24) is 30.6 Å². The lowest BCUT2D eigenvalue weighted by atomic mass is 9.78. The fraction of sp³-hybridized carbons (Fsp3) is 0.423. The van der Waals surface area contributed by atoms with Crippen molar-refractivity contribution >= 4 is 12.1 Å². The smallest absolute Gasteiger partial charge is 0.413 e. The van der Waals surface area contributed by atoms with Gasteiger partial charge >= 0.3 is 12.1 Å². The van der Waals surface area contributed by atoms with Gasteiger partial charge in [0.05, 0.1) is 17.9 Å². The van der Waals surface area contributed by atoms with Crippen molar-refractivity contribution in [3.8, 4) is 5.75 Å². The van der Waals surface area contributed by atoms with Gasteiger partial charge in [-0.25, -0.2) is 14.3 Å². The number of hydrogen-bond acceptors (Lipinski definition) is 7. The van der Waals surface area contributed by atoms with E-state index in [1.165, 1.54) is 0 Å². The highest BCUT2D eigenvalue weighted by Crippen LogP contribution is 2.37. The number of nitrogens with one attached hydrogen (secondary N) is 2. The minimum atomic E-state index is -1.09. The summed E-state index contributed by atoms with van der Waals surface area (Å²) >= 11 is 0. The van der Waals surface area contributed by atoms with Crippen LogP contribution in [0.4, 0.5) is 4.79 Å². The molecular weight excluding hydrogens is 460 g/mol. The van der Waals surface area contributed by atoms with Gasteiger partial charge < -0.3 is 20.5 Å². The molecule has 10 heteroatoms. The predicted octanol–water partition coefficient (Wildman–Crippen LogP) is 2.85. The van der Waals surface area contributed by atoms with Gasteiger partial charge in [0.25, 0.3) is 0 Å². The van der Waals surface area contributed by atoms with Gasteiger partial charge in [0.1, 0.15) is 11.8 Å². The molecule has 0 aliphatic carbocycles. The summed E-state index contributed by atoms with van der Waals surface area (Å²) in [5.41, 5.74) is 2.73. The van der Waals surface area contributed by atoms with Crippen LogP contribution in [0.15, 0.2) is 54.9 Å². The van der Waals surface area contributed by atoms with E-state index in [-0.39, 0.29) is 17.8 Å².